The van der Waals surface area contributed by atoms with Crippen molar-refractivity contribution in [2.75, 3.05) is 7.05 Å². The minimum Gasteiger partial charge on any atom is -0.313 e. The van der Waals surface area contributed by atoms with E-state index in [-0.39, 0.29) is 0 Å². The Balaban J connectivity index is 2.23. The fourth-order valence-corrected chi connectivity index (χ4v) is 2.44. The van der Waals surface area contributed by atoms with E-state index in [9.17, 15) is 0 Å². The summed E-state index contributed by atoms with van der Waals surface area (Å²) in [5.74, 6) is 0.974. The van der Waals surface area contributed by atoms with Crippen LogP contribution in [-0.2, 0) is 0 Å². The molecule has 1 atom stereocenters. The Morgan fingerprint density at radius 1 is 1.27 bits per heavy atom. The van der Waals surface area contributed by atoms with Gasteiger partial charge >= 0.3 is 0 Å². The molecule has 1 heteroatoms. The molecular formula is C14H21N. The maximum atomic E-state index is 3.47. The minimum absolute atomic E-state index is 0.554. The predicted octanol–water partition coefficient (Wildman–Crippen LogP) is 3.36. The van der Waals surface area contributed by atoms with Crippen LogP contribution in [-0.4, -0.2) is 7.05 Å². The first-order valence-electron chi connectivity index (χ1n) is 5.95. The summed E-state index contributed by atoms with van der Waals surface area (Å²) in [6, 6.07) is 7.15. The van der Waals surface area contributed by atoms with Crippen LogP contribution >= 0.6 is 0 Å². The molecule has 0 aliphatic heterocycles. The zero-order valence-corrected chi connectivity index (χ0v) is 10.0. The molecule has 15 heavy (non-hydrogen) atoms. The van der Waals surface area contributed by atoms with E-state index in [1.54, 1.807) is 0 Å². The summed E-state index contributed by atoms with van der Waals surface area (Å²) in [4.78, 5) is 0. The average molecular weight is 203 g/mol. The molecule has 1 aliphatic rings. The Morgan fingerprint density at radius 2 is 1.87 bits per heavy atom. The van der Waals surface area contributed by atoms with Crippen LogP contribution in [0.5, 0.6) is 0 Å². The van der Waals surface area contributed by atoms with Gasteiger partial charge in [-0.25, -0.2) is 0 Å². The third-order valence-electron chi connectivity index (χ3n) is 3.51. The van der Waals surface area contributed by atoms with E-state index in [1.807, 2.05) is 0 Å². The molecule has 82 valence electrons. The molecule has 1 nitrogen and oxygen atoms in total. The fraction of sp³-hybridized carbons (Fsp3) is 0.571. The van der Waals surface area contributed by atoms with Gasteiger partial charge in [-0.1, -0.05) is 31.0 Å². The summed E-state index contributed by atoms with van der Waals surface area (Å²) in [7, 11) is 2.08. The van der Waals surface area contributed by atoms with Crippen molar-refractivity contribution < 1.29 is 0 Å². The number of hydrogen-bond acceptors (Lipinski definition) is 1. The molecule has 0 spiro atoms. The van der Waals surface area contributed by atoms with Crippen LogP contribution in [0, 0.1) is 19.8 Å². The van der Waals surface area contributed by atoms with Crippen LogP contribution in [0.3, 0.4) is 0 Å². The van der Waals surface area contributed by atoms with Gasteiger partial charge in [0.25, 0.3) is 0 Å². The largest absolute Gasteiger partial charge is 0.313 e. The van der Waals surface area contributed by atoms with Crippen molar-refractivity contribution in [1.82, 2.24) is 5.32 Å². The van der Waals surface area contributed by atoms with Gasteiger partial charge in [0.05, 0.1) is 0 Å². The lowest BCUT2D eigenvalue weighted by molar-refractivity contribution is 0.510. The maximum Gasteiger partial charge on any atom is 0.0325 e. The highest BCUT2D eigenvalue weighted by molar-refractivity contribution is 5.36. The van der Waals surface area contributed by atoms with Crippen LogP contribution in [0.25, 0.3) is 0 Å². The van der Waals surface area contributed by atoms with E-state index < -0.39 is 0 Å². The SMILES string of the molecule is CNC(CC1CC1)c1c(C)cccc1C. The lowest BCUT2D eigenvalue weighted by Gasteiger charge is -2.21. The van der Waals surface area contributed by atoms with Crippen molar-refractivity contribution in [2.24, 2.45) is 5.92 Å². The average Bonchev–Trinajstić information content (AvgIpc) is 2.99. The molecule has 1 saturated carbocycles. The third-order valence-corrected chi connectivity index (χ3v) is 3.51. The molecule has 0 heterocycles. The molecule has 0 bridgehead atoms. The van der Waals surface area contributed by atoms with Crippen LogP contribution < -0.4 is 5.32 Å². The monoisotopic (exact) mass is 203 g/mol. The lowest BCUT2D eigenvalue weighted by atomic mass is 9.93. The standard InChI is InChI=1S/C14H21N/c1-10-5-4-6-11(2)14(10)13(15-3)9-12-7-8-12/h4-6,12-13,15H,7-9H2,1-3H3. The number of hydrogen-bond donors (Lipinski definition) is 1. The van der Waals surface area contributed by atoms with Gasteiger partial charge in [-0.05, 0) is 49.9 Å². The second kappa shape index (κ2) is 4.36. The van der Waals surface area contributed by atoms with Crippen LogP contribution in [0.2, 0.25) is 0 Å². The van der Waals surface area contributed by atoms with Gasteiger partial charge in [0.2, 0.25) is 0 Å². The highest BCUT2D eigenvalue weighted by atomic mass is 14.9. The molecule has 0 radical (unpaired) electrons. The van der Waals surface area contributed by atoms with E-state index in [0.29, 0.717) is 6.04 Å². The molecule has 0 aromatic heterocycles. The van der Waals surface area contributed by atoms with Gasteiger partial charge < -0.3 is 5.32 Å². The number of benzene rings is 1. The molecule has 1 fully saturated rings. The van der Waals surface area contributed by atoms with Crippen molar-refractivity contribution in [3.63, 3.8) is 0 Å². The summed E-state index contributed by atoms with van der Waals surface area (Å²) in [5.41, 5.74) is 4.37. The van der Waals surface area contributed by atoms with E-state index in [4.69, 9.17) is 0 Å². The van der Waals surface area contributed by atoms with Crippen molar-refractivity contribution in [2.45, 2.75) is 39.2 Å². The van der Waals surface area contributed by atoms with Gasteiger partial charge in [-0.3, -0.25) is 0 Å². The summed E-state index contributed by atoms with van der Waals surface area (Å²) in [6.45, 7) is 4.44. The number of rotatable bonds is 4. The minimum atomic E-state index is 0.554. The van der Waals surface area contributed by atoms with Crippen LogP contribution in [0.15, 0.2) is 18.2 Å². The van der Waals surface area contributed by atoms with Gasteiger partial charge in [0, 0.05) is 6.04 Å². The Morgan fingerprint density at radius 3 is 2.33 bits per heavy atom. The summed E-state index contributed by atoms with van der Waals surface area (Å²) < 4.78 is 0. The van der Waals surface area contributed by atoms with Gasteiger partial charge in [0.15, 0.2) is 0 Å². The van der Waals surface area contributed by atoms with E-state index in [0.717, 1.165) is 5.92 Å². The third kappa shape index (κ3) is 2.40. The molecule has 0 saturated heterocycles. The second-order valence-corrected chi connectivity index (χ2v) is 4.83. The second-order valence-electron chi connectivity index (χ2n) is 4.83. The molecular weight excluding hydrogens is 182 g/mol. The molecule has 1 aromatic rings. The Hall–Kier alpha value is -0.820. The first-order chi connectivity index (χ1) is 7.22. The van der Waals surface area contributed by atoms with Gasteiger partial charge in [0.1, 0.15) is 0 Å². The van der Waals surface area contributed by atoms with E-state index in [2.05, 4.69) is 44.4 Å². The summed E-state index contributed by atoms with van der Waals surface area (Å²) >= 11 is 0. The number of aryl methyl sites for hydroxylation is 2. The Bertz CT molecular complexity index is 319. The highest BCUT2D eigenvalue weighted by Crippen LogP contribution is 2.38. The van der Waals surface area contributed by atoms with Crippen molar-refractivity contribution >= 4 is 0 Å². The fourth-order valence-electron chi connectivity index (χ4n) is 2.44. The Labute approximate surface area is 92.9 Å². The molecule has 2 rings (SSSR count). The lowest BCUT2D eigenvalue weighted by Crippen LogP contribution is -2.19. The van der Waals surface area contributed by atoms with E-state index >= 15 is 0 Å². The van der Waals surface area contributed by atoms with Gasteiger partial charge in [-0.15, -0.1) is 0 Å². The quantitative estimate of drug-likeness (QED) is 0.791. The highest BCUT2D eigenvalue weighted by Gasteiger charge is 2.26. The van der Waals surface area contributed by atoms with Crippen molar-refractivity contribution in [1.29, 1.82) is 0 Å². The van der Waals surface area contributed by atoms with Crippen LogP contribution in [0.1, 0.15) is 42.0 Å². The molecule has 1 unspecified atom stereocenters. The predicted molar refractivity (Wildman–Crippen MR) is 65.1 cm³/mol. The van der Waals surface area contributed by atoms with Gasteiger partial charge in [-0.2, -0.15) is 0 Å². The molecule has 1 N–H and O–H groups in total. The Kier molecular flexibility index (Phi) is 3.11. The summed E-state index contributed by atoms with van der Waals surface area (Å²) in [6.07, 6.45) is 4.18. The first-order valence-corrected chi connectivity index (χ1v) is 5.95. The van der Waals surface area contributed by atoms with Crippen molar-refractivity contribution in [3.8, 4) is 0 Å². The van der Waals surface area contributed by atoms with Crippen LogP contribution in [0.4, 0.5) is 0 Å². The maximum absolute atomic E-state index is 3.47. The number of nitrogens with one attached hydrogen (secondary N) is 1. The zero-order valence-electron chi connectivity index (χ0n) is 10.0. The summed E-state index contributed by atoms with van der Waals surface area (Å²) in [5, 5.41) is 3.47. The van der Waals surface area contributed by atoms with Crippen molar-refractivity contribution in [3.05, 3.63) is 34.9 Å². The normalized spacial score (nSPS) is 17.8. The smallest absolute Gasteiger partial charge is 0.0325 e. The van der Waals surface area contributed by atoms with E-state index in [1.165, 1.54) is 36.0 Å². The topological polar surface area (TPSA) is 12.0 Å². The molecule has 1 aromatic carbocycles. The first kappa shape index (κ1) is 10.7. The zero-order chi connectivity index (χ0) is 10.8. The molecule has 1 aliphatic carbocycles. The molecule has 0 amide bonds.